The van der Waals surface area contributed by atoms with Gasteiger partial charge in [0, 0.05) is 5.56 Å². The molecule has 5 heteroatoms. The van der Waals surface area contributed by atoms with Crippen LogP contribution in [0.4, 0.5) is 0 Å². The monoisotopic (exact) mass is 300 g/mol. The number of para-hydroxylation sites is 1. The number of ether oxygens (including phenoxy) is 1. The summed E-state index contributed by atoms with van der Waals surface area (Å²) in [7, 11) is 0. The molecule has 1 aromatic heterocycles. The number of hydrogen-bond donors (Lipinski definition) is 1. The number of nitrogens with one attached hydrogen (secondary N) is 1. The first-order valence-electron chi connectivity index (χ1n) is 7.26. The normalized spacial score (nSPS) is 12.3. The van der Waals surface area contributed by atoms with E-state index in [2.05, 4.69) is 24.4 Å². The number of hydrazone groups is 1. The number of rotatable bonds is 7. The van der Waals surface area contributed by atoms with Gasteiger partial charge in [-0.05, 0) is 30.0 Å². The first-order chi connectivity index (χ1) is 10.7. The summed E-state index contributed by atoms with van der Waals surface area (Å²) in [5.41, 5.74) is 4.31. The van der Waals surface area contributed by atoms with Crippen molar-refractivity contribution in [2.24, 2.45) is 5.10 Å². The molecule has 5 nitrogen and oxygen atoms in total. The summed E-state index contributed by atoms with van der Waals surface area (Å²) < 4.78 is 10.5. The van der Waals surface area contributed by atoms with Gasteiger partial charge in [-0.3, -0.25) is 4.79 Å². The average Bonchev–Trinajstić information content (AvgIpc) is 3.06. The molecule has 116 valence electrons. The maximum Gasteiger partial charge on any atom is 0.277 e. The summed E-state index contributed by atoms with van der Waals surface area (Å²) in [5, 5.41) is 3.84. The Morgan fingerprint density at radius 1 is 1.41 bits per heavy atom. The van der Waals surface area contributed by atoms with Crippen LogP contribution < -0.4 is 10.2 Å². The van der Waals surface area contributed by atoms with Crippen molar-refractivity contribution in [3.05, 3.63) is 54.0 Å². The highest BCUT2D eigenvalue weighted by atomic mass is 16.5. The van der Waals surface area contributed by atoms with Crippen LogP contribution in [0.2, 0.25) is 0 Å². The Bertz CT molecular complexity index is 621. The third-order valence-electron chi connectivity index (χ3n) is 3.37. The van der Waals surface area contributed by atoms with Crippen molar-refractivity contribution < 1.29 is 13.9 Å². The maximum absolute atomic E-state index is 11.7. The summed E-state index contributed by atoms with van der Waals surface area (Å²) >= 11 is 0. The molecular formula is C17H20N2O3. The fourth-order valence-corrected chi connectivity index (χ4v) is 1.94. The second kappa shape index (κ2) is 8.02. The van der Waals surface area contributed by atoms with Gasteiger partial charge in [0.05, 0.1) is 18.7 Å². The highest BCUT2D eigenvalue weighted by Gasteiger charge is 2.10. The van der Waals surface area contributed by atoms with Gasteiger partial charge in [0.25, 0.3) is 5.91 Å². The number of hydrogen-bond acceptors (Lipinski definition) is 4. The molecule has 1 heterocycles. The van der Waals surface area contributed by atoms with Crippen LogP contribution in [0.3, 0.4) is 0 Å². The Hall–Kier alpha value is -2.56. The lowest BCUT2D eigenvalue weighted by Crippen LogP contribution is -2.24. The largest absolute Gasteiger partial charge is 0.483 e. The minimum Gasteiger partial charge on any atom is -0.483 e. The van der Waals surface area contributed by atoms with Crippen molar-refractivity contribution in [2.75, 3.05) is 6.61 Å². The first-order valence-corrected chi connectivity index (χ1v) is 7.26. The van der Waals surface area contributed by atoms with Gasteiger partial charge in [0.1, 0.15) is 5.75 Å². The van der Waals surface area contributed by atoms with Crippen molar-refractivity contribution in [1.82, 2.24) is 5.43 Å². The van der Waals surface area contributed by atoms with Gasteiger partial charge in [-0.25, -0.2) is 5.43 Å². The second-order valence-electron chi connectivity index (χ2n) is 4.99. The van der Waals surface area contributed by atoms with E-state index >= 15 is 0 Å². The van der Waals surface area contributed by atoms with Gasteiger partial charge in [-0.1, -0.05) is 32.0 Å². The van der Waals surface area contributed by atoms with Crippen LogP contribution in [-0.2, 0) is 4.79 Å². The van der Waals surface area contributed by atoms with E-state index < -0.39 is 0 Å². The smallest absolute Gasteiger partial charge is 0.277 e. The van der Waals surface area contributed by atoms with E-state index in [-0.39, 0.29) is 12.5 Å². The molecule has 0 bridgehead atoms. The third-order valence-corrected chi connectivity index (χ3v) is 3.37. The Morgan fingerprint density at radius 3 is 2.95 bits per heavy atom. The summed E-state index contributed by atoms with van der Waals surface area (Å²) in [6.07, 6.45) is 5.60. The number of nitrogens with zero attached hydrogens (tertiary/aromatic N) is 1. The number of amides is 1. The van der Waals surface area contributed by atoms with E-state index in [0.29, 0.717) is 5.92 Å². The van der Waals surface area contributed by atoms with E-state index in [9.17, 15) is 4.79 Å². The molecule has 0 fully saturated rings. The SMILES string of the molecule is CCC(C)c1ccccc1OCC(=O)NN=Cc1ccoc1. The molecule has 1 unspecified atom stereocenters. The standard InChI is InChI=1S/C17H20N2O3/c1-3-13(2)15-6-4-5-7-16(15)22-12-17(20)19-18-10-14-8-9-21-11-14/h4-11,13H,3,12H2,1-2H3,(H,19,20). The van der Waals surface area contributed by atoms with Crippen molar-refractivity contribution in [2.45, 2.75) is 26.2 Å². The van der Waals surface area contributed by atoms with Crippen LogP contribution in [-0.4, -0.2) is 18.7 Å². The van der Waals surface area contributed by atoms with E-state index in [0.717, 1.165) is 23.3 Å². The lowest BCUT2D eigenvalue weighted by molar-refractivity contribution is -0.123. The van der Waals surface area contributed by atoms with Crippen molar-refractivity contribution in [3.63, 3.8) is 0 Å². The van der Waals surface area contributed by atoms with Crippen LogP contribution >= 0.6 is 0 Å². The van der Waals surface area contributed by atoms with E-state index in [1.54, 1.807) is 6.07 Å². The summed E-state index contributed by atoms with van der Waals surface area (Å²) in [4.78, 5) is 11.7. The van der Waals surface area contributed by atoms with Crippen molar-refractivity contribution >= 4 is 12.1 Å². The molecule has 0 saturated heterocycles. The molecule has 0 spiro atoms. The van der Waals surface area contributed by atoms with E-state index in [1.807, 2.05) is 24.3 Å². The number of furan rings is 1. The summed E-state index contributed by atoms with van der Waals surface area (Å²) in [6.45, 7) is 4.19. The summed E-state index contributed by atoms with van der Waals surface area (Å²) in [5.74, 6) is 0.822. The minimum atomic E-state index is -0.307. The Labute approximate surface area is 130 Å². The van der Waals surface area contributed by atoms with Crippen LogP contribution in [0.5, 0.6) is 5.75 Å². The van der Waals surface area contributed by atoms with Gasteiger partial charge in [0.15, 0.2) is 6.61 Å². The quantitative estimate of drug-likeness (QED) is 0.630. The summed E-state index contributed by atoms with van der Waals surface area (Å²) in [6, 6.07) is 9.52. The fourth-order valence-electron chi connectivity index (χ4n) is 1.94. The average molecular weight is 300 g/mol. The van der Waals surface area contributed by atoms with Gasteiger partial charge in [-0.15, -0.1) is 0 Å². The zero-order valence-corrected chi connectivity index (χ0v) is 12.8. The van der Waals surface area contributed by atoms with Crippen LogP contribution in [0.25, 0.3) is 0 Å². The molecule has 0 aliphatic heterocycles. The third kappa shape index (κ3) is 4.48. The minimum absolute atomic E-state index is 0.0732. The lowest BCUT2D eigenvalue weighted by atomic mass is 9.98. The molecule has 1 N–H and O–H groups in total. The fraction of sp³-hybridized carbons (Fsp3) is 0.294. The van der Waals surface area contributed by atoms with Crippen LogP contribution in [0, 0.1) is 0 Å². The lowest BCUT2D eigenvalue weighted by Gasteiger charge is -2.15. The van der Waals surface area contributed by atoms with Gasteiger partial charge < -0.3 is 9.15 Å². The Balaban J connectivity index is 1.86. The predicted octanol–water partition coefficient (Wildman–Crippen LogP) is 3.32. The van der Waals surface area contributed by atoms with Gasteiger partial charge in [-0.2, -0.15) is 5.10 Å². The maximum atomic E-state index is 11.7. The number of benzene rings is 1. The molecule has 1 amide bonds. The van der Waals surface area contributed by atoms with Crippen molar-refractivity contribution in [3.8, 4) is 5.75 Å². The Kier molecular flexibility index (Phi) is 5.77. The molecule has 0 saturated carbocycles. The molecule has 2 rings (SSSR count). The molecule has 1 atom stereocenters. The highest BCUT2D eigenvalue weighted by Crippen LogP contribution is 2.28. The number of carbonyl (C=O) groups is 1. The van der Waals surface area contributed by atoms with E-state index in [1.165, 1.54) is 18.7 Å². The molecule has 1 aromatic carbocycles. The van der Waals surface area contributed by atoms with Crippen LogP contribution in [0.15, 0.2) is 52.4 Å². The van der Waals surface area contributed by atoms with E-state index in [4.69, 9.17) is 9.15 Å². The molecule has 2 aromatic rings. The molecule has 0 aliphatic rings. The molecular weight excluding hydrogens is 280 g/mol. The highest BCUT2D eigenvalue weighted by molar-refractivity contribution is 5.82. The molecule has 22 heavy (non-hydrogen) atoms. The van der Waals surface area contributed by atoms with Crippen molar-refractivity contribution in [1.29, 1.82) is 0 Å². The Morgan fingerprint density at radius 2 is 2.23 bits per heavy atom. The molecule has 0 aliphatic carbocycles. The molecule has 0 radical (unpaired) electrons. The number of carbonyl (C=O) groups excluding carboxylic acids is 1. The van der Waals surface area contributed by atoms with Gasteiger partial charge in [0.2, 0.25) is 0 Å². The first kappa shape index (κ1) is 15.8. The second-order valence-corrected chi connectivity index (χ2v) is 4.99. The predicted molar refractivity (Wildman–Crippen MR) is 85.1 cm³/mol. The topological polar surface area (TPSA) is 63.8 Å². The zero-order valence-electron chi connectivity index (χ0n) is 12.8. The van der Waals surface area contributed by atoms with Crippen LogP contribution in [0.1, 0.15) is 37.3 Å². The zero-order chi connectivity index (χ0) is 15.8. The van der Waals surface area contributed by atoms with Gasteiger partial charge >= 0.3 is 0 Å².